The molecule has 3 aliphatic rings. The monoisotopic (exact) mass is 296 g/mol. The zero-order valence-electron chi connectivity index (χ0n) is 12.7. The van der Waals surface area contributed by atoms with E-state index in [2.05, 4.69) is 60.7 Å². The van der Waals surface area contributed by atoms with Crippen molar-refractivity contribution < 1.29 is 5.11 Å². The zero-order chi connectivity index (χ0) is 15.4. The lowest BCUT2D eigenvalue weighted by Crippen LogP contribution is -2.38. The second-order valence-corrected chi connectivity index (χ2v) is 6.47. The van der Waals surface area contributed by atoms with Gasteiger partial charge in [0.1, 0.15) is 5.75 Å². The van der Waals surface area contributed by atoms with Crippen LogP contribution < -0.4 is 10.4 Å². The lowest BCUT2D eigenvalue weighted by Gasteiger charge is -2.38. The number of hydrogen-bond donors (Lipinski definition) is 1. The van der Waals surface area contributed by atoms with Crippen molar-refractivity contribution in [2.75, 3.05) is 0 Å². The summed E-state index contributed by atoms with van der Waals surface area (Å²) in [5.74, 6) is 0.317. The number of rotatable bonds is 0. The Hall–Kier alpha value is -2.80. The highest BCUT2D eigenvalue weighted by atomic mass is 16.3. The predicted octanol–water partition coefficient (Wildman–Crippen LogP) is 3.49. The van der Waals surface area contributed by atoms with Crippen LogP contribution in [0.4, 0.5) is 0 Å². The van der Waals surface area contributed by atoms with Gasteiger partial charge in [-0.1, -0.05) is 60.7 Å². The van der Waals surface area contributed by atoms with Gasteiger partial charge < -0.3 is 5.11 Å². The van der Waals surface area contributed by atoms with Gasteiger partial charge >= 0.3 is 0 Å². The third-order valence-electron chi connectivity index (χ3n) is 5.21. The van der Waals surface area contributed by atoms with Gasteiger partial charge in [-0.3, -0.25) is 0 Å². The molecule has 1 unspecified atom stereocenters. The Morgan fingerprint density at radius 1 is 0.957 bits per heavy atom. The van der Waals surface area contributed by atoms with Crippen LogP contribution in [0.15, 0.2) is 77.9 Å². The minimum atomic E-state index is -0.0390. The Balaban J connectivity index is 1.92. The minimum Gasteiger partial charge on any atom is -0.508 e. The Kier molecular flexibility index (Phi) is 2.41. The molecule has 1 heteroatoms. The highest BCUT2D eigenvalue weighted by Crippen LogP contribution is 2.47. The molecule has 0 saturated carbocycles. The molecule has 23 heavy (non-hydrogen) atoms. The van der Waals surface area contributed by atoms with Crippen LogP contribution in [0.3, 0.4) is 0 Å². The average molecular weight is 296 g/mol. The van der Waals surface area contributed by atoms with E-state index >= 15 is 0 Å². The van der Waals surface area contributed by atoms with E-state index in [-0.39, 0.29) is 5.41 Å². The fourth-order valence-electron chi connectivity index (χ4n) is 4.05. The summed E-state index contributed by atoms with van der Waals surface area (Å²) in [6, 6.07) is 9.89. The molecule has 1 atom stereocenters. The molecule has 110 valence electrons. The van der Waals surface area contributed by atoms with E-state index < -0.39 is 0 Å². The zero-order valence-corrected chi connectivity index (χ0v) is 12.7. The van der Waals surface area contributed by atoms with Crippen molar-refractivity contribution in [2.24, 2.45) is 5.41 Å². The number of phenols is 1. The van der Waals surface area contributed by atoms with Gasteiger partial charge in [0.05, 0.1) is 0 Å². The van der Waals surface area contributed by atoms with Crippen molar-refractivity contribution in [1.29, 1.82) is 0 Å². The quantitative estimate of drug-likeness (QED) is 0.789. The first-order chi connectivity index (χ1) is 11.3. The fraction of sp³-hybridized carbons (Fsp3) is 0.0909. The number of allylic oxidation sites excluding steroid dienone is 8. The molecule has 0 amide bonds. The van der Waals surface area contributed by atoms with Crippen molar-refractivity contribution in [1.82, 2.24) is 0 Å². The summed E-state index contributed by atoms with van der Waals surface area (Å²) in [5.41, 5.74) is 2.68. The Morgan fingerprint density at radius 2 is 1.87 bits per heavy atom. The molecule has 3 aliphatic carbocycles. The molecule has 1 spiro atoms. The number of fused-ring (bicyclic) bond motifs is 3. The molecule has 0 bridgehead atoms. The lowest BCUT2D eigenvalue weighted by molar-refractivity contribution is 0.476. The molecule has 0 saturated heterocycles. The highest BCUT2D eigenvalue weighted by Gasteiger charge is 2.36. The molecule has 1 nitrogen and oxygen atoms in total. The first-order valence-corrected chi connectivity index (χ1v) is 7.99. The molecule has 5 rings (SSSR count). The molecule has 0 fully saturated rings. The summed E-state index contributed by atoms with van der Waals surface area (Å²) in [7, 11) is 0. The number of benzene rings is 2. The maximum absolute atomic E-state index is 9.75. The first kappa shape index (κ1) is 12.7. The summed E-state index contributed by atoms with van der Waals surface area (Å²) >= 11 is 0. The molecule has 0 aromatic heterocycles. The van der Waals surface area contributed by atoms with E-state index in [0.29, 0.717) is 5.75 Å². The summed E-state index contributed by atoms with van der Waals surface area (Å²) in [4.78, 5) is 0. The molecule has 0 radical (unpaired) electrons. The second-order valence-electron chi connectivity index (χ2n) is 6.47. The molecule has 0 heterocycles. The lowest BCUT2D eigenvalue weighted by atomic mass is 9.65. The van der Waals surface area contributed by atoms with E-state index in [1.54, 1.807) is 6.07 Å². The molecule has 0 aliphatic heterocycles. The largest absolute Gasteiger partial charge is 0.508 e. The Labute approximate surface area is 134 Å². The van der Waals surface area contributed by atoms with Crippen LogP contribution in [0, 0.1) is 5.41 Å². The standard InChI is InChI=1S/C22H16O/c23-19-9-10-20-16(13-19)8-7-15-12-18-6-3-5-17-4-1-2-11-22(17,18)14-21(15)20/h1-10,12-14,23H,11H2. The van der Waals surface area contributed by atoms with Gasteiger partial charge in [-0.05, 0) is 57.0 Å². The van der Waals surface area contributed by atoms with Crippen LogP contribution in [0.25, 0.3) is 22.9 Å². The van der Waals surface area contributed by atoms with Crippen molar-refractivity contribution >= 4 is 22.9 Å². The summed E-state index contributed by atoms with van der Waals surface area (Å²) in [5, 5.41) is 14.6. The normalized spacial score (nSPS) is 23.8. The average Bonchev–Trinajstić information content (AvgIpc) is 2.58. The van der Waals surface area contributed by atoms with Crippen LogP contribution in [-0.4, -0.2) is 5.11 Å². The van der Waals surface area contributed by atoms with Gasteiger partial charge in [-0.25, -0.2) is 0 Å². The van der Waals surface area contributed by atoms with Gasteiger partial charge in [0.15, 0.2) is 0 Å². The maximum Gasteiger partial charge on any atom is 0.116 e. The summed E-state index contributed by atoms with van der Waals surface area (Å²) in [6.07, 6.45) is 19.0. The van der Waals surface area contributed by atoms with E-state index in [1.165, 1.54) is 27.0 Å². The van der Waals surface area contributed by atoms with Crippen molar-refractivity contribution in [3.63, 3.8) is 0 Å². The smallest absolute Gasteiger partial charge is 0.116 e. The number of phenolic OH excluding ortho intramolecular Hbond substituents is 1. The van der Waals surface area contributed by atoms with Crippen LogP contribution >= 0.6 is 0 Å². The van der Waals surface area contributed by atoms with Gasteiger partial charge in [-0.2, -0.15) is 0 Å². The topological polar surface area (TPSA) is 20.2 Å². The third kappa shape index (κ3) is 1.68. The molecular formula is C22H16O. The SMILES string of the molecule is Oc1ccc2c3c(ccc2c1)=CC1=CC=CC2=CC=CCC21C=3. The highest BCUT2D eigenvalue weighted by molar-refractivity contribution is 5.87. The van der Waals surface area contributed by atoms with Crippen LogP contribution in [0.5, 0.6) is 5.75 Å². The van der Waals surface area contributed by atoms with Gasteiger partial charge in [0, 0.05) is 5.41 Å². The van der Waals surface area contributed by atoms with Crippen LogP contribution in [0.2, 0.25) is 0 Å². The molecule has 1 N–H and O–H groups in total. The van der Waals surface area contributed by atoms with Gasteiger partial charge in [-0.15, -0.1) is 0 Å². The van der Waals surface area contributed by atoms with Gasteiger partial charge in [0.25, 0.3) is 0 Å². The van der Waals surface area contributed by atoms with Crippen molar-refractivity contribution in [3.05, 3.63) is 88.4 Å². The van der Waals surface area contributed by atoms with E-state index in [0.717, 1.165) is 11.8 Å². The van der Waals surface area contributed by atoms with E-state index in [1.807, 2.05) is 12.1 Å². The van der Waals surface area contributed by atoms with Crippen LogP contribution in [-0.2, 0) is 0 Å². The number of hydrogen-bond acceptors (Lipinski definition) is 1. The fourth-order valence-corrected chi connectivity index (χ4v) is 4.05. The summed E-state index contributed by atoms with van der Waals surface area (Å²) in [6.45, 7) is 0. The van der Waals surface area contributed by atoms with Crippen molar-refractivity contribution in [3.8, 4) is 5.75 Å². The Bertz CT molecular complexity index is 1090. The molecular weight excluding hydrogens is 280 g/mol. The molecule has 2 aromatic carbocycles. The first-order valence-electron chi connectivity index (χ1n) is 7.99. The Morgan fingerprint density at radius 3 is 2.83 bits per heavy atom. The summed E-state index contributed by atoms with van der Waals surface area (Å²) < 4.78 is 0. The van der Waals surface area contributed by atoms with Crippen molar-refractivity contribution in [2.45, 2.75) is 6.42 Å². The third-order valence-corrected chi connectivity index (χ3v) is 5.21. The second kappa shape index (κ2) is 4.36. The number of aromatic hydroxyl groups is 1. The van der Waals surface area contributed by atoms with Gasteiger partial charge in [0.2, 0.25) is 0 Å². The maximum atomic E-state index is 9.75. The van der Waals surface area contributed by atoms with E-state index in [9.17, 15) is 5.11 Å². The van der Waals surface area contributed by atoms with E-state index in [4.69, 9.17) is 0 Å². The predicted molar refractivity (Wildman–Crippen MR) is 95.3 cm³/mol. The molecule has 2 aromatic rings. The van der Waals surface area contributed by atoms with Crippen LogP contribution in [0.1, 0.15) is 6.42 Å². The minimum absolute atomic E-state index is 0.0390.